The van der Waals surface area contributed by atoms with Gasteiger partial charge in [-0.2, -0.15) is 26.3 Å². The summed E-state index contributed by atoms with van der Waals surface area (Å²) in [5.74, 6) is -1.91. The van der Waals surface area contributed by atoms with Gasteiger partial charge in [0.25, 0.3) is 6.10 Å². The van der Waals surface area contributed by atoms with Crippen molar-refractivity contribution in [2.75, 3.05) is 0 Å². The third kappa shape index (κ3) is 5.05. The third-order valence-electron chi connectivity index (χ3n) is 1.57. The molecule has 0 heterocycles. The monoisotopic (exact) mass is 265 g/mol. The summed E-state index contributed by atoms with van der Waals surface area (Å²) in [6.45, 7) is 1.51. The lowest BCUT2D eigenvalue weighted by Gasteiger charge is -2.22. The van der Waals surface area contributed by atoms with Gasteiger partial charge in [0.1, 0.15) is 5.71 Å². The average molecular weight is 265 g/mol. The Labute approximate surface area is 92.2 Å². The molecule has 0 spiro atoms. The van der Waals surface area contributed by atoms with Crippen molar-refractivity contribution in [2.45, 2.75) is 38.2 Å². The highest BCUT2D eigenvalue weighted by atomic mass is 19.4. The van der Waals surface area contributed by atoms with Crippen LogP contribution in [-0.4, -0.2) is 30.1 Å². The molecule has 0 aliphatic carbocycles. The smallest absolute Gasteiger partial charge is 0.434 e. The number of carbonyl (C=O) groups is 1. The Balaban J connectivity index is 4.80. The molecule has 0 aromatic rings. The molecule has 0 atom stereocenters. The van der Waals surface area contributed by atoms with Crippen LogP contribution in [-0.2, 0) is 9.53 Å². The van der Waals surface area contributed by atoms with Gasteiger partial charge < -0.3 is 4.74 Å². The molecule has 0 aliphatic heterocycles. The van der Waals surface area contributed by atoms with Gasteiger partial charge >= 0.3 is 18.3 Å². The highest BCUT2D eigenvalue weighted by molar-refractivity contribution is 6.35. The molecule has 0 fully saturated rings. The maximum absolute atomic E-state index is 12.0. The van der Waals surface area contributed by atoms with E-state index in [0.29, 0.717) is 0 Å². The molecule has 0 aromatic heterocycles. The number of rotatable bonds is 4. The maximum Gasteiger partial charge on any atom is 0.434 e. The van der Waals surface area contributed by atoms with Gasteiger partial charge in [-0.05, 0) is 6.42 Å². The van der Waals surface area contributed by atoms with Crippen LogP contribution in [0.3, 0.4) is 0 Å². The summed E-state index contributed by atoms with van der Waals surface area (Å²) in [5, 5.41) is 6.89. The van der Waals surface area contributed by atoms with Crippen LogP contribution >= 0.6 is 0 Å². The number of alkyl halides is 6. The molecule has 0 radical (unpaired) electrons. The van der Waals surface area contributed by atoms with Gasteiger partial charge in [0, 0.05) is 0 Å². The lowest BCUT2D eigenvalue weighted by molar-refractivity contribution is -0.311. The van der Waals surface area contributed by atoms with Crippen LogP contribution in [0, 0.1) is 5.41 Å². The Morgan fingerprint density at radius 2 is 1.59 bits per heavy atom. The molecule has 0 saturated carbocycles. The predicted molar refractivity (Wildman–Crippen MR) is 44.6 cm³/mol. The summed E-state index contributed by atoms with van der Waals surface area (Å²) in [6, 6.07) is 0. The fraction of sp³-hybridized carbons (Fsp3) is 0.750. The van der Waals surface area contributed by atoms with Crippen molar-refractivity contribution in [1.29, 1.82) is 5.41 Å². The first kappa shape index (κ1) is 15.7. The highest BCUT2D eigenvalue weighted by Gasteiger charge is 2.60. The second kappa shape index (κ2) is 5.37. The van der Waals surface area contributed by atoms with Gasteiger partial charge in [-0.25, -0.2) is 4.79 Å². The summed E-state index contributed by atoms with van der Waals surface area (Å²) < 4.78 is 75.0. The summed E-state index contributed by atoms with van der Waals surface area (Å²) in [6.07, 6.45) is -15.7. The van der Waals surface area contributed by atoms with Gasteiger partial charge in [-0.1, -0.05) is 13.3 Å². The normalized spacial score (nSPS) is 12.7. The van der Waals surface area contributed by atoms with Gasteiger partial charge in [0.15, 0.2) is 0 Å². The Bertz CT molecular complexity index is 281. The summed E-state index contributed by atoms with van der Waals surface area (Å²) in [4.78, 5) is 10.8. The Kier molecular flexibility index (Phi) is 4.96. The fourth-order valence-corrected chi connectivity index (χ4v) is 0.849. The maximum atomic E-state index is 12.0. The van der Waals surface area contributed by atoms with E-state index in [1.54, 1.807) is 0 Å². The van der Waals surface area contributed by atoms with Crippen molar-refractivity contribution in [1.82, 2.24) is 0 Å². The van der Waals surface area contributed by atoms with Gasteiger partial charge in [-0.3, -0.25) is 5.41 Å². The van der Waals surface area contributed by atoms with Gasteiger partial charge in [0.2, 0.25) is 0 Å². The molecular formula is C8H9F6NO2. The van der Waals surface area contributed by atoms with Gasteiger partial charge in [0.05, 0.1) is 0 Å². The largest absolute Gasteiger partial charge is 0.438 e. The molecule has 0 unspecified atom stereocenters. The number of halogens is 6. The topological polar surface area (TPSA) is 50.2 Å². The quantitative estimate of drug-likeness (QED) is 0.482. The van der Waals surface area contributed by atoms with Crippen molar-refractivity contribution < 1.29 is 35.9 Å². The minimum absolute atomic E-state index is 0.233. The summed E-state index contributed by atoms with van der Waals surface area (Å²) >= 11 is 0. The summed E-state index contributed by atoms with van der Waals surface area (Å²) in [5.41, 5.74) is -0.925. The van der Waals surface area contributed by atoms with Crippen LogP contribution in [0.5, 0.6) is 0 Å². The molecule has 9 heteroatoms. The van der Waals surface area contributed by atoms with E-state index in [9.17, 15) is 31.1 Å². The zero-order valence-electron chi connectivity index (χ0n) is 8.58. The highest BCUT2D eigenvalue weighted by Crippen LogP contribution is 2.35. The molecule has 0 aromatic carbocycles. The van der Waals surface area contributed by atoms with Gasteiger partial charge in [-0.15, -0.1) is 0 Å². The molecule has 1 N–H and O–H groups in total. The van der Waals surface area contributed by atoms with Crippen molar-refractivity contribution in [3.8, 4) is 0 Å². The SMILES string of the molecule is CCCC(=N)C(=O)OC(C(F)(F)F)C(F)(F)F. The average Bonchev–Trinajstić information content (AvgIpc) is 2.10. The van der Waals surface area contributed by atoms with Crippen molar-refractivity contribution in [3.05, 3.63) is 0 Å². The fourth-order valence-electron chi connectivity index (χ4n) is 0.849. The van der Waals surface area contributed by atoms with E-state index < -0.39 is 30.1 Å². The number of carbonyl (C=O) groups excluding carboxylic acids is 1. The van der Waals surface area contributed by atoms with Crippen LogP contribution in [0.4, 0.5) is 26.3 Å². The van der Waals surface area contributed by atoms with E-state index in [0.717, 1.165) is 0 Å². The summed E-state index contributed by atoms with van der Waals surface area (Å²) in [7, 11) is 0. The third-order valence-corrected chi connectivity index (χ3v) is 1.57. The van der Waals surface area contributed by atoms with Crippen molar-refractivity contribution in [3.63, 3.8) is 0 Å². The molecule has 100 valence electrons. The first-order valence-electron chi connectivity index (χ1n) is 4.42. The minimum atomic E-state index is -5.75. The first-order chi connectivity index (χ1) is 7.50. The standard InChI is InChI=1S/C8H9F6NO2/c1-2-3-4(15)5(16)17-6(7(9,10)11)8(12,13)14/h6,15H,2-3H2,1H3. The van der Waals surface area contributed by atoms with E-state index in [2.05, 4.69) is 4.74 Å². The van der Waals surface area contributed by atoms with Crippen molar-refractivity contribution in [2.24, 2.45) is 0 Å². The predicted octanol–water partition coefficient (Wildman–Crippen LogP) is 2.84. The Hall–Kier alpha value is -1.28. The second-order valence-electron chi connectivity index (χ2n) is 3.10. The van der Waals surface area contributed by atoms with Crippen LogP contribution in [0.15, 0.2) is 0 Å². The number of ether oxygens (including phenoxy) is 1. The lowest BCUT2D eigenvalue weighted by Crippen LogP contribution is -2.46. The minimum Gasteiger partial charge on any atom is -0.438 e. The molecule has 0 aliphatic rings. The number of nitrogens with one attached hydrogen (secondary N) is 1. The molecule has 0 bridgehead atoms. The van der Waals surface area contributed by atoms with Crippen molar-refractivity contribution >= 4 is 11.7 Å². The zero-order chi connectivity index (χ0) is 13.9. The van der Waals surface area contributed by atoms with E-state index in [-0.39, 0.29) is 12.8 Å². The molecular weight excluding hydrogens is 256 g/mol. The lowest BCUT2D eigenvalue weighted by atomic mass is 10.2. The Morgan fingerprint density at radius 1 is 1.18 bits per heavy atom. The molecule has 3 nitrogen and oxygen atoms in total. The van der Waals surface area contributed by atoms with E-state index in [1.807, 2.05) is 0 Å². The number of hydrogen-bond donors (Lipinski definition) is 1. The van der Waals surface area contributed by atoms with Crippen LogP contribution in [0.1, 0.15) is 19.8 Å². The van der Waals surface area contributed by atoms with Crippen LogP contribution in [0.25, 0.3) is 0 Å². The van der Waals surface area contributed by atoms with E-state index in [1.165, 1.54) is 6.92 Å². The first-order valence-corrected chi connectivity index (χ1v) is 4.42. The van der Waals surface area contributed by atoms with Crippen LogP contribution in [0.2, 0.25) is 0 Å². The molecule has 0 amide bonds. The zero-order valence-corrected chi connectivity index (χ0v) is 8.58. The second-order valence-corrected chi connectivity index (χ2v) is 3.10. The molecule has 0 saturated heterocycles. The Morgan fingerprint density at radius 3 is 1.88 bits per heavy atom. The van der Waals surface area contributed by atoms with Crippen LogP contribution < -0.4 is 0 Å². The number of hydrogen-bond acceptors (Lipinski definition) is 3. The molecule has 17 heavy (non-hydrogen) atoms. The molecule has 0 rings (SSSR count). The van der Waals surface area contributed by atoms with E-state index >= 15 is 0 Å². The van der Waals surface area contributed by atoms with E-state index in [4.69, 9.17) is 5.41 Å². The number of esters is 1.